The summed E-state index contributed by atoms with van der Waals surface area (Å²) >= 11 is 0. The molecule has 0 aromatic heterocycles. The van der Waals surface area contributed by atoms with E-state index in [-0.39, 0.29) is 0 Å². The number of aliphatic imine (C=N–C) groups is 1. The van der Waals surface area contributed by atoms with E-state index in [4.69, 9.17) is 9.73 Å². The summed E-state index contributed by atoms with van der Waals surface area (Å²) in [6.07, 6.45) is 4.69. The SMILES string of the molecule is COc1ccccc1C1=CC(c2ccccc2)=NC2=CC(C=O)NN21. The van der Waals surface area contributed by atoms with Crippen LogP contribution in [-0.2, 0) is 4.79 Å². The van der Waals surface area contributed by atoms with Crippen LogP contribution in [0.4, 0.5) is 0 Å². The molecule has 0 radical (unpaired) electrons. The molecule has 25 heavy (non-hydrogen) atoms. The molecule has 0 amide bonds. The third-order valence-electron chi connectivity index (χ3n) is 4.18. The number of nitrogens with one attached hydrogen (secondary N) is 1. The molecule has 2 aromatic rings. The highest BCUT2D eigenvalue weighted by molar-refractivity contribution is 6.13. The molecule has 0 fully saturated rings. The summed E-state index contributed by atoms with van der Waals surface area (Å²) < 4.78 is 5.52. The van der Waals surface area contributed by atoms with E-state index in [1.54, 1.807) is 7.11 Å². The number of hydrogen-bond donors (Lipinski definition) is 1. The molecule has 124 valence electrons. The third kappa shape index (κ3) is 2.75. The first-order valence-corrected chi connectivity index (χ1v) is 8.03. The van der Waals surface area contributed by atoms with Crippen molar-refractivity contribution in [3.05, 3.63) is 83.7 Å². The Labute approximate surface area is 145 Å². The fourth-order valence-corrected chi connectivity index (χ4v) is 3.00. The van der Waals surface area contributed by atoms with Crippen molar-refractivity contribution in [3.8, 4) is 5.75 Å². The van der Waals surface area contributed by atoms with Crippen LogP contribution in [0.5, 0.6) is 5.75 Å². The first-order chi connectivity index (χ1) is 12.3. The first kappa shape index (κ1) is 15.4. The van der Waals surface area contributed by atoms with Crippen LogP contribution < -0.4 is 10.2 Å². The van der Waals surface area contributed by atoms with Gasteiger partial charge in [0, 0.05) is 11.1 Å². The molecule has 0 aliphatic carbocycles. The zero-order chi connectivity index (χ0) is 17.2. The topological polar surface area (TPSA) is 53.9 Å². The number of ether oxygens (including phenoxy) is 1. The summed E-state index contributed by atoms with van der Waals surface area (Å²) in [5.74, 6) is 1.47. The van der Waals surface area contributed by atoms with Crippen LogP contribution >= 0.6 is 0 Å². The first-order valence-electron chi connectivity index (χ1n) is 8.03. The number of para-hydroxylation sites is 1. The number of methoxy groups -OCH3 is 1. The van der Waals surface area contributed by atoms with Gasteiger partial charge >= 0.3 is 0 Å². The average Bonchev–Trinajstić information content (AvgIpc) is 3.11. The standard InChI is InChI=1S/C20H17N3O2/c1-25-19-10-6-5-9-16(19)18-12-17(14-7-3-2-4-8-14)21-20-11-15(13-24)22-23(18)20/h2-13,15,22H,1H3. The van der Waals surface area contributed by atoms with Crippen molar-refractivity contribution < 1.29 is 9.53 Å². The minimum absolute atomic E-state index is 0.396. The Balaban J connectivity index is 1.87. The van der Waals surface area contributed by atoms with Crippen molar-refractivity contribution in [3.63, 3.8) is 0 Å². The monoisotopic (exact) mass is 331 g/mol. The highest BCUT2D eigenvalue weighted by atomic mass is 16.5. The van der Waals surface area contributed by atoms with E-state index in [9.17, 15) is 4.79 Å². The zero-order valence-electron chi connectivity index (χ0n) is 13.7. The highest BCUT2D eigenvalue weighted by Gasteiger charge is 2.30. The summed E-state index contributed by atoms with van der Waals surface area (Å²) in [4.78, 5) is 16.0. The van der Waals surface area contributed by atoms with E-state index in [1.807, 2.05) is 71.8 Å². The predicted octanol–water partition coefficient (Wildman–Crippen LogP) is 2.77. The lowest BCUT2D eigenvalue weighted by Gasteiger charge is -2.28. The number of carbonyl (C=O) groups is 1. The molecule has 0 saturated heterocycles. The maximum Gasteiger partial charge on any atom is 0.146 e. The van der Waals surface area contributed by atoms with E-state index >= 15 is 0 Å². The van der Waals surface area contributed by atoms with E-state index in [1.165, 1.54) is 0 Å². The van der Waals surface area contributed by atoms with Gasteiger partial charge in [-0.3, -0.25) is 5.01 Å². The third-order valence-corrected chi connectivity index (χ3v) is 4.18. The summed E-state index contributed by atoms with van der Waals surface area (Å²) in [5, 5.41) is 1.84. The fourth-order valence-electron chi connectivity index (χ4n) is 3.00. The second kappa shape index (κ2) is 6.37. The molecule has 2 aromatic carbocycles. The Kier molecular flexibility index (Phi) is 3.91. The van der Waals surface area contributed by atoms with Gasteiger partial charge in [-0.2, -0.15) is 0 Å². The molecule has 1 atom stereocenters. The number of hydrazine groups is 1. The molecule has 2 aliphatic heterocycles. The Morgan fingerprint density at radius 1 is 1.12 bits per heavy atom. The number of nitrogens with zero attached hydrogens (tertiary/aromatic N) is 2. The van der Waals surface area contributed by atoms with Crippen molar-refractivity contribution in [2.75, 3.05) is 7.11 Å². The second-order valence-electron chi connectivity index (χ2n) is 5.74. The molecule has 5 nitrogen and oxygen atoms in total. The minimum Gasteiger partial charge on any atom is -0.496 e. The van der Waals surface area contributed by atoms with Crippen LogP contribution in [0.3, 0.4) is 0 Å². The zero-order valence-corrected chi connectivity index (χ0v) is 13.7. The number of allylic oxidation sites excluding steroid dienone is 1. The van der Waals surface area contributed by atoms with Crippen LogP contribution in [0, 0.1) is 0 Å². The molecule has 4 rings (SSSR count). The average molecular weight is 331 g/mol. The molecule has 2 heterocycles. The summed E-state index contributed by atoms with van der Waals surface area (Å²) in [5.41, 5.74) is 6.84. The minimum atomic E-state index is -0.396. The predicted molar refractivity (Wildman–Crippen MR) is 96.9 cm³/mol. The maximum atomic E-state index is 11.2. The Morgan fingerprint density at radius 2 is 1.88 bits per heavy atom. The molecule has 5 heteroatoms. The largest absolute Gasteiger partial charge is 0.496 e. The molecular formula is C20H17N3O2. The van der Waals surface area contributed by atoms with Gasteiger partial charge in [-0.05, 0) is 24.3 Å². The van der Waals surface area contributed by atoms with Crippen molar-refractivity contribution in [2.24, 2.45) is 4.99 Å². The quantitative estimate of drug-likeness (QED) is 0.876. The second-order valence-corrected chi connectivity index (χ2v) is 5.74. The van der Waals surface area contributed by atoms with Gasteiger partial charge < -0.3 is 9.53 Å². The van der Waals surface area contributed by atoms with Crippen molar-refractivity contribution in [2.45, 2.75) is 6.04 Å². The van der Waals surface area contributed by atoms with E-state index in [0.717, 1.165) is 34.6 Å². The van der Waals surface area contributed by atoms with E-state index in [0.29, 0.717) is 5.82 Å². The van der Waals surface area contributed by atoms with Crippen LogP contribution in [0.15, 0.2) is 77.6 Å². The normalized spacial score (nSPS) is 18.8. The maximum absolute atomic E-state index is 11.2. The highest BCUT2D eigenvalue weighted by Crippen LogP contribution is 2.35. The van der Waals surface area contributed by atoms with Crippen LogP contribution in [0.2, 0.25) is 0 Å². The van der Waals surface area contributed by atoms with Gasteiger partial charge in [0.1, 0.15) is 23.9 Å². The van der Waals surface area contributed by atoms with Crippen molar-refractivity contribution in [1.82, 2.24) is 10.4 Å². The number of aldehydes is 1. The number of rotatable bonds is 4. The van der Waals surface area contributed by atoms with Gasteiger partial charge in [0.05, 0.1) is 18.5 Å². The Bertz CT molecular complexity index is 900. The van der Waals surface area contributed by atoms with Gasteiger partial charge in [0.15, 0.2) is 0 Å². The molecule has 0 bridgehead atoms. The van der Waals surface area contributed by atoms with Crippen LogP contribution in [0.1, 0.15) is 11.1 Å². The summed E-state index contributed by atoms with van der Waals surface area (Å²) in [6.45, 7) is 0. The van der Waals surface area contributed by atoms with Crippen molar-refractivity contribution >= 4 is 17.7 Å². The number of benzene rings is 2. The number of carbonyl (C=O) groups excluding carboxylic acids is 1. The molecule has 2 aliphatic rings. The van der Waals surface area contributed by atoms with Gasteiger partial charge in [0.25, 0.3) is 0 Å². The van der Waals surface area contributed by atoms with E-state index < -0.39 is 6.04 Å². The lowest BCUT2D eigenvalue weighted by Crippen LogP contribution is -2.38. The van der Waals surface area contributed by atoms with Crippen LogP contribution in [0.25, 0.3) is 5.70 Å². The Morgan fingerprint density at radius 3 is 2.64 bits per heavy atom. The van der Waals surface area contributed by atoms with Gasteiger partial charge in [-0.15, -0.1) is 0 Å². The lowest BCUT2D eigenvalue weighted by molar-refractivity contribution is -0.108. The molecule has 1 N–H and O–H groups in total. The lowest BCUT2D eigenvalue weighted by atomic mass is 10.0. The van der Waals surface area contributed by atoms with Gasteiger partial charge in [-0.1, -0.05) is 42.5 Å². The fraction of sp³-hybridized carbons (Fsp3) is 0.100. The Hall–Kier alpha value is -3.18. The van der Waals surface area contributed by atoms with Gasteiger partial charge in [0.2, 0.25) is 0 Å². The molecular weight excluding hydrogens is 314 g/mol. The number of hydrogen-bond acceptors (Lipinski definition) is 5. The van der Waals surface area contributed by atoms with Crippen molar-refractivity contribution in [1.29, 1.82) is 0 Å². The summed E-state index contributed by atoms with van der Waals surface area (Å²) in [6, 6.07) is 17.4. The number of fused-ring (bicyclic) bond motifs is 1. The summed E-state index contributed by atoms with van der Waals surface area (Å²) in [7, 11) is 1.65. The molecule has 1 unspecified atom stereocenters. The molecule has 0 spiro atoms. The van der Waals surface area contributed by atoms with E-state index in [2.05, 4.69) is 5.43 Å². The smallest absolute Gasteiger partial charge is 0.146 e. The molecule has 0 saturated carbocycles. The van der Waals surface area contributed by atoms with Crippen LogP contribution in [-0.4, -0.2) is 30.2 Å². The van der Waals surface area contributed by atoms with Gasteiger partial charge in [-0.25, -0.2) is 10.4 Å².